The van der Waals surface area contributed by atoms with Gasteiger partial charge in [0.1, 0.15) is 5.82 Å². The van der Waals surface area contributed by atoms with Crippen LogP contribution in [-0.4, -0.2) is 10.9 Å². The Hall–Kier alpha value is -1.51. The Morgan fingerprint density at radius 1 is 1.33 bits per heavy atom. The fraction of sp³-hybridized carbons (Fsp3) is 0.0769. The van der Waals surface area contributed by atoms with E-state index in [4.69, 9.17) is 5.84 Å². The van der Waals surface area contributed by atoms with E-state index in [0.29, 0.717) is 15.7 Å². The molecule has 1 amide bonds. The summed E-state index contributed by atoms with van der Waals surface area (Å²) in [7, 11) is 0. The third kappa shape index (κ3) is 3.58. The van der Waals surface area contributed by atoms with Crippen LogP contribution in [0.25, 0.3) is 0 Å². The molecule has 8 heteroatoms. The van der Waals surface area contributed by atoms with E-state index in [9.17, 15) is 9.18 Å². The van der Waals surface area contributed by atoms with Gasteiger partial charge in [0.15, 0.2) is 5.82 Å². The molecule has 21 heavy (non-hydrogen) atoms. The molecule has 0 aliphatic carbocycles. The molecule has 0 unspecified atom stereocenters. The zero-order chi connectivity index (χ0) is 15.6. The van der Waals surface area contributed by atoms with Gasteiger partial charge in [-0.1, -0.05) is 0 Å². The van der Waals surface area contributed by atoms with E-state index in [1.807, 2.05) is 0 Å². The molecule has 0 saturated carbocycles. The van der Waals surface area contributed by atoms with Crippen LogP contribution in [0.5, 0.6) is 0 Å². The van der Waals surface area contributed by atoms with Gasteiger partial charge in [-0.2, -0.15) is 0 Å². The van der Waals surface area contributed by atoms with Crippen LogP contribution in [0.4, 0.5) is 15.9 Å². The van der Waals surface area contributed by atoms with Gasteiger partial charge in [-0.25, -0.2) is 15.2 Å². The minimum absolute atomic E-state index is 0.245. The Morgan fingerprint density at radius 2 is 2.05 bits per heavy atom. The van der Waals surface area contributed by atoms with Gasteiger partial charge in [-0.3, -0.25) is 4.79 Å². The summed E-state index contributed by atoms with van der Waals surface area (Å²) in [4.78, 5) is 16.3. The summed E-state index contributed by atoms with van der Waals surface area (Å²) in [5.74, 6) is 4.79. The molecule has 0 spiro atoms. The van der Waals surface area contributed by atoms with Crippen LogP contribution in [-0.2, 0) is 0 Å². The number of amides is 1. The summed E-state index contributed by atoms with van der Waals surface area (Å²) >= 11 is 6.33. The smallest absolute Gasteiger partial charge is 0.259 e. The van der Waals surface area contributed by atoms with Crippen LogP contribution in [0.1, 0.15) is 15.9 Å². The monoisotopic (exact) mass is 416 g/mol. The first-order valence-corrected chi connectivity index (χ1v) is 7.40. The molecule has 1 aromatic heterocycles. The number of rotatable bonds is 3. The van der Waals surface area contributed by atoms with Gasteiger partial charge in [0.2, 0.25) is 0 Å². The highest BCUT2D eigenvalue weighted by atomic mass is 79.9. The summed E-state index contributed by atoms with van der Waals surface area (Å²) in [5.41, 5.74) is 3.73. The number of aryl methyl sites for hydroxylation is 1. The third-order valence-corrected chi connectivity index (χ3v) is 3.79. The number of hydrogen-bond acceptors (Lipinski definition) is 4. The Balaban J connectivity index is 2.34. The number of pyridine rings is 1. The van der Waals surface area contributed by atoms with E-state index in [1.165, 1.54) is 18.3 Å². The molecule has 1 aromatic carbocycles. The normalized spacial score (nSPS) is 10.3. The van der Waals surface area contributed by atoms with Crippen LogP contribution in [0.3, 0.4) is 0 Å². The first kappa shape index (κ1) is 15.9. The first-order valence-electron chi connectivity index (χ1n) is 5.81. The number of benzene rings is 1. The molecule has 0 fully saturated rings. The number of nitrogens with one attached hydrogen (secondary N) is 2. The molecule has 0 atom stereocenters. The van der Waals surface area contributed by atoms with Crippen molar-refractivity contribution in [1.29, 1.82) is 0 Å². The lowest BCUT2D eigenvalue weighted by atomic mass is 10.1. The van der Waals surface area contributed by atoms with Gasteiger partial charge in [0, 0.05) is 16.4 Å². The fourth-order valence-corrected chi connectivity index (χ4v) is 2.37. The summed E-state index contributed by atoms with van der Waals surface area (Å²) in [5, 5.41) is 2.70. The quantitative estimate of drug-likeness (QED) is 0.526. The maximum atomic E-state index is 13.4. The van der Waals surface area contributed by atoms with Crippen molar-refractivity contribution in [3.05, 3.63) is 50.3 Å². The predicted octanol–water partition coefficient (Wildman–Crippen LogP) is 3.59. The Morgan fingerprint density at radius 3 is 2.71 bits per heavy atom. The zero-order valence-electron chi connectivity index (χ0n) is 10.9. The topological polar surface area (TPSA) is 80.0 Å². The SMILES string of the molecule is Cc1cc(F)c(Br)cc1NC(=O)c1cc(Br)cnc1NN. The number of anilines is 2. The molecule has 2 rings (SSSR count). The van der Waals surface area contributed by atoms with Crippen molar-refractivity contribution >= 4 is 49.3 Å². The minimum Gasteiger partial charge on any atom is -0.322 e. The maximum Gasteiger partial charge on any atom is 0.259 e. The van der Waals surface area contributed by atoms with Crippen molar-refractivity contribution in [3.63, 3.8) is 0 Å². The highest BCUT2D eigenvalue weighted by Gasteiger charge is 2.15. The highest BCUT2D eigenvalue weighted by molar-refractivity contribution is 9.10. The summed E-state index contributed by atoms with van der Waals surface area (Å²) < 4.78 is 14.3. The van der Waals surface area contributed by atoms with Gasteiger partial charge in [-0.05, 0) is 62.5 Å². The second-order valence-corrected chi connectivity index (χ2v) is 6.00. The number of nitrogens with zero attached hydrogens (tertiary/aromatic N) is 1. The molecule has 0 saturated heterocycles. The number of halogens is 3. The molecule has 5 nitrogen and oxygen atoms in total. The lowest BCUT2D eigenvalue weighted by Crippen LogP contribution is -2.19. The number of carbonyl (C=O) groups is 1. The van der Waals surface area contributed by atoms with E-state index >= 15 is 0 Å². The standard InChI is InChI=1S/C13H11Br2FN4O/c1-6-2-10(16)9(15)4-11(6)19-13(21)8-3-7(14)5-18-12(8)20-17/h2-5H,17H2,1H3,(H,18,20)(H,19,21). The Kier molecular flexibility index (Phi) is 4.92. The number of nitrogen functional groups attached to an aromatic ring is 1. The second-order valence-electron chi connectivity index (χ2n) is 4.23. The van der Waals surface area contributed by atoms with Gasteiger partial charge in [-0.15, -0.1) is 0 Å². The average molecular weight is 418 g/mol. The number of hydrogen-bond donors (Lipinski definition) is 3. The Labute approximate surface area is 137 Å². The molecule has 4 N–H and O–H groups in total. The van der Waals surface area contributed by atoms with Gasteiger partial charge in [0.25, 0.3) is 5.91 Å². The van der Waals surface area contributed by atoms with Crippen LogP contribution >= 0.6 is 31.9 Å². The van der Waals surface area contributed by atoms with Gasteiger partial charge in [0.05, 0.1) is 10.0 Å². The number of nitrogens with two attached hydrogens (primary N) is 1. The first-order chi connectivity index (χ1) is 9.92. The molecular formula is C13H11Br2FN4O. The number of aromatic nitrogens is 1. The Bertz CT molecular complexity index is 709. The van der Waals surface area contributed by atoms with Crippen molar-refractivity contribution in [2.45, 2.75) is 6.92 Å². The van der Waals surface area contributed by atoms with Gasteiger partial charge < -0.3 is 10.7 Å². The molecular weight excluding hydrogens is 407 g/mol. The van der Waals surface area contributed by atoms with E-state index in [1.54, 1.807) is 13.0 Å². The minimum atomic E-state index is -0.404. The van der Waals surface area contributed by atoms with Crippen molar-refractivity contribution in [1.82, 2.24) is 4.98 Å². The van der Waals surface area contributed by atoms with Gasteiger partial charge >= 0.3 is 0 Å². The summed E-state index contributed by atoms with van der Waals surface area (Å²) in [6.07, 6.45) is 1.52. The van der Waals surface area contributed by atoms with E-state index < -0.39 is 5.91 Å². The highest BCUT2D eigenvalue weighted by Crippen LogP contribution is 2.25. The van der Waals surface area contributed by atoms with Crippen LogP contribution in [0, 0.1) is 12.7 Å². The van der Waals surface area contributed by atoms with Crippen molar-refractivity contribution in [2.75, 3.05) is 10.7 Å². The largest absolute Gasteiger partial charge is 0.322 e. The van der Waals surface area contributed by atoms with E-state index in [-0.39, 0.29) is 21.7 Å². The predicted molar refractivity (Wildman–Crippen MR) is 86.5 cm³/mol. The lowest BCUT2D eigenvalue weighted by molar-refractivity contribution is 0.102. The fourth-order valence-electron chi connectivity index (χ4n) is 1.70. The zero-order valence-corrected chi connectivity index (χ0v) is 14.0. The van der Waals surface area contributed by atoms with Crippen LogP contribution in [0.15, 0.2) is 33.3 Å². The van der Waals surface area contributed by atoms with Crippen LogP contribution < -0.4 is 16.6 Å². The number of hydrazine groups is 1. The molecule has 0 aliphatic rings. The maximum absolute atomic E-state index is 13.4. The molecule has 110 valence electrons. The lowest BCUT2D eigenvalue weighted by Gasteiger charge is -2.12. The van der Waals surface area contributed by atoms with Crippen molar-refractivity contribution in [3.8, 4) is 0 Å². The van der Waals surface area contributed by atoms with E-state index in [0.717, 1.165) is 0 Å². The number of carbonyl (C=O) groups excluding carboxylic acids is 1. The third-order valence-electron chi connectivity index (χ3n) is 2.75. The average Bonchev–Trinajstić information content (AvgIpc) is 2.44. The second kappa shape index (κ2) is 6.50. The molecule has 0 radical (unpaired) electrons. The van der Waals surface area contributed by atoms with Crippen LogP contribution in [0.2, 0.25) is 0 Å². The summed E-state index contributed by atoms with van der Waals surface area (Å²) in [6.45, 7) is 1.70. The van der Waals surface area contributed by atoms with Crippen molar-refractivity contribution < 1.29 is 9.18 Å². The molecule has 1 heterocycles. The molecule has 0 bridgehead atoms. The molecule has 2 aromatic rings. The summed E-state index contributed by atoms with van der Waals surface area (Å²) in [6, 6.07) is 4.43. The van der Waals surface area contributed by atoms with E-state index in [2.05, 4.69) is 47.6 Å². The molecule has 0 aliphatic heterocycles. The van der Waals surface area contributed by atoms with Crippen molar-refractivity contribution in [2.24, 2.45) is 5.84 Å².